The van der Waals surface area contributed by atoms with Crippen molar-refractivity contribution in [3.63, 3.8) is 0 Å². The molecule has 0 aliphatic carbocycles. The molecule has 0 saturated heterocycles. The van der Waals surface area contributed by atoms with Crippen molar-refractivity contribution in [2.75, 3.05) is 0 Å². The molecule has 0 aliphatic heterocycles. The molecule has 22 heavy (non-hydrogen) atoms. The van der Waals surface area contributed by atoms with Crippen LogP contribution in [0.5, 0.6) is 0 Å². The van der Waals surface area contributed by atoms with Gasteiger partial charge in [0.15, 0.2) is 0 Å². The molecule has 0 aliphatic rings. The second-order valence-electron chi connectivity index (χ2n) is 5.19. The highest BCUT2D eigenvalue weighted by molar-refractivity contribution is 7.88. The summed E-state index contributed by atoms with van der Waals surface area (Å²) in [7, 11) is -1.81. The minimum absolute atomic E-state index is 0.0937. The first kappa shape index (κ1) is 16.9. The summed E-state index contributed by atoms with van der Waals surface area (Å²) >= 11 is 5.67. The van der Waals surface area contributed by atoms with Crippen molar-refractivity contribution in [3.05, 3.63) is 52.1 Å². The molecule has 0 amide bonds. The first-order valence-electron chi connectivity index (χ1n) is 6.62. The second-order valence-corrected chi connectivity index (χ2v) is 7.35. The average molecular weight is 346 g/mol. The van der Waals surface area contributed by atoms with Gasteiger partial charge in [-0.15, -0.1) is 0 Å². The van der Waals surface area contributed by atoms with Gasteiger partial charge in [-0.2, -0.15) is 5.10 Å². The Morgan fingerprint density at radius 1 is 1.45 bits per heavy atom. The SMILES string of the molecule is Cc1nn(C)cc1[C@H](C)NS(=O)(=O)Cc1ccc(F)c(Cl)c1. The summed E-state index contributed by atoms with van der Waals surface area (Å²) in [5, 5.41) is 4.10. The molecule has 1 aromatic carbocycles. The molecule has 0 radical (unpaired) electrons. The highest BCUT2D eigenvalue weighted by Crippen LogP contribution is 2.20. The number of aromatic nitrogens is 2. The number of nitrogens with zero attached hydrogens (tertiary/aromatic N) is 2. The van der Waals surface area contributed by atoms with Gasteiger partial charge in [-0.3, -0.25) is 4.68 Å². The number of halogens is 2. The topological polar surface area (TPSA) is 64.0 Å². The zero-order chi connectivity index (χ0) is 16.5. The number of sulfonamides is 1. The van der Waals surface area contributed by atoms with Gasteiger partial charge in [-0.25, -0.2) is 17.5 Å². The van der Waals surface area contributed by atoms with Crippen LogP contribution in [-0.2, 0) is 22.8 Å². The van der Waals surface area contributed by atoms with E-state index < -0.39 is 21.9 Å². The Balaban J connectivity index is 2.13. The molecule has 1 aromatic heterocycles. The van der Waals surface area contributed by atoms with Gasteiger partial charge in [0.1, 0.15) is 5.82 Å². The van der Waals surface area contributed by atoms with Gasteiger partial charge >= 0.3 is 0 Å². The van der Waals surface area contributed by atoms with Crippen LogP contribution in [0.3, 0.4) is 0 Å². The molecule has 2 aromatic rings. The molecule has 1 heterocycles. The molecule has 2 rings (SSSR count). The highest BCUT2D eigenvalue weighted by atomic mass is 35.5. The predicted molar refractivity (Wildman–Crippen MR) is 83.5 cm³/mol. The molecule has 0 saturated carbocycles. The van der Waals surface area contributed by atoms with Crippen LogP contribution in [0.15, 0.2) is 24.4 Å². The van der Waals surface area contributed by atoms with E-state index in [2.05, 4.69) is 9.82 Å². The molecule has 0 fully saturated rings. The Morgan fingerprint density at radius 3 is 2.68 bits per heavy atom. The standard InChI is InChI=1S/C14H17ClFN3O2S/c1-9-12(7-19(3)17-9)10(2)18-22(20,21)8-11-4-5-14(16)13(15)6-11/h4-7,10,18H,8H2,1-3H3/t10-/m0/s1. The van der Waals surface area contributed by atoms with Crippen molar-refractivity contribution in [1.29, 1.82) is 0 Å². The van der Waals surface area contributed by atoms with Crippen LogP contribution in [-0.4, -0.2) is 18.2 Å². The molecule has 0 spiro atoms. The molecule has 1 N–H and O–H groups in total. The van der Waals surface area contributed by atoms with E-state index in [9.17, 15) is 12.8 Å². The quantitative estimate of drug-likeness (QED) is 0.906. The van der Waals surface area contributed by atoms with E-state index in [1.165, 1.54) is 12.1 Å². The van der Waals surface area contributed by atoms with Crippen molar-refractivity contribution in [1.82, 2.24) is 14.5 Å². The third-order valence-corrected chi connectivity index (χ3v) is 4.93. The Labute approximate surface area is 134 Å². The van der Waals surface area contributed by atoms with E-state index in [1.54, 1.807) is 24.9 Å². The Hall–Kier alpha value is -1.44. The van der Waals surface area contributed by atoms with E-state index in [0.29, 0.717) is 5.56 Å². The zero-order valence-electron chi connectivity index (χ0n) is 12.5. The number of aryl methyl sites for hydroxylation is 2. The Kier molecular flexibility index (Phi) is 4.89. The molecule has 5 nitrogen and oxygen atoms in total. The van der Waals surface area contributed by atoms with Gasteiger partial charge < -0.3 is 0 Å². The monoisotopic (exact) mass is 345 g/mol. The summed E-state index contributed by atoms with van der Waals surface area (Å²) in [4.78, 5) is 0. The molecule has 120 valence electrons. The summed E-state index contributed by atoms with van der Waals surface area (Å²) in [6.07, 6.45) is 1.78. The number of benzene rings is 1. The lowest BCUT2D eigenvalue weighted by Gasteiger charge is -2.14. The summed E-state index contributed by atoms with van der Waals surface area (Å²) in [5.74, 6) is -0.841. The normalized spacial score (nSPS) is 13.3. The number of hydrogen-bond donors (Lipinski definition) is 1. The van der Waals surface area contributed by atoms with Crippen molar-refractivity contribution in [3.8, 4) is 0 Å². The smallest absolute Gasteiger partial charge is 0.216 e. The third kappa shape index (κ3) is 4.06. The third-order valence-electron chi connectivity index (χ3n) is 3.21. The maximum Gasteiger partial charge on any atom is 0.216 e. The lowest BCUT2D eigenvalue weighted by molar-refractivity contribution is 0.565. The largest absolute Gasteiger partial charge is 0.275 e. The van der Waals surface area contributed by atoms with Crippen molar-refractivity contribution >= 4 is 21.6 Å². The number of hydrogen-bond acceptors (Lipinski definition) is 3. The van der Waals surface area contributed by atoms with E-state index in [4.69, 9.17) is 11.6 Å². The summed E-state index contributed by atoms with van der Waals surface area (Å²) in [6, 6.07) is 3.47. The van der Waals surface area contributed by atoms with Crippen LogP contribution < -0.4 is 4.72 Å². The van der Waals surface area contributed by atoms with E-state index in [0.717, 1.165) is 17.3 Å². The van der Waals surface area contributed by atoms with Gasteiger partial charge in [-0.1, -0.05) is 17.7 Å². The van der Waals surface area contributed by atoms with Crippen LogP contribution in [0.25, 0.3) is 0 Å². The van der Waals surface area contributed by atoms with E-state index in [1.807, 2.05) is 6.92 Å². The lowest BCUT2D eigenvalue weighted by Crippen LogP contribution is -2.28. The fraction of sp³-hybridized carbons (Fsp3) is 0.357. The zero-order valence-corrected chi connectivity index (χ0v) is 14.0. The minimum Gasteiger partial charge on any atom is -0.275 e. The Bertz CT molecular complexity index is 789. The minimum atomic E-state index is -3.59. The second kappa shape index (κ2) is 6.36. The van der Waals surface area contributed by atoms with Crippen molar-refractivity contribution in [2.45, 2.75) is 25.6 Å². The van der Waals surface area contributed by atoms with Gasteiger partial charge in [0.25, 0.3) is 0 Å². The predicted octanol–water partition coefficient (Wildman–Crippen LogP) is 2.70. The fourth-order valence-corrected chi connectivity index (χ4v) is 3.84. The van der Waals surface area contributed by atoms with Crippen LogP contribution in [0.2, 0.25) is 5.02 Å². The number of nitrogens with one attached hydrogen (secondary N) is 1. The summed E-state index contributed by atoms with van der Waals surface area (Å²) in [6.45, 7) is 3.57. The van der Waals surface area contributed by atoms with Crippen LogP contribution in [0, 0.1) is 12.7 Å². The Morgan fingerprint density at radius 2 is 2.14 bits per heavy atom. The average Bonchev–Trinajstić information content (AvgIpc) is 2.72. The van der Waals surface area contributed by atoms with E-state index in [-0.39, 0.29) is 10.8 Å². The van der Waals surface area contributed by atoms with E-state index >= 15 is 0 Å². The van der Waals surface area contributed by atoms with Crippen LogP contribution in [0.1, 0.15) is 29.8 Å². The maximum absolute atomic E-state index is 13.1. The lowest BCUT2D eigenvalue weighted by atomic mass is 10.1. The van der Waals surface area contributed by atoms with Gasteiger partial charge in [0.2, 0.25) is 10.0 Å². The highest BCUT2D eigenvalue weighted by Gasteiger charge is 2.19. The first-order valence-corrected chi connectivity index (χ1v) is 8.65. The molecular weight excluding hydrogens is 329 g/mol. The van der Waals surface area contributed by atoms with Crippen LogP contribution in [0.4, 0.5) is 4.39 Å². The van der Waals surface area contributed by atoms with Gasteiger partial charge in [-0.05, 0) is 31.5 Å². The van der Waals surface area contributed by atoms with Crippen LogP contribution >= 0.6 is 11.6 Å². The van der Waals surface area contributed by atoms with Gasteiger partial charge in [0.05, 0.1) is 16.5 Å². The first-order chi connectivity index (χ1) is 10.2. The molecule has 0 bridgehead atoms. The number of rotatable bonds is 5. The summed E-state index contributed by atoms with van der Waals surface area (Å²) < 4.78 is 41.8. The molecular formula is C14H17ClFN3O2S. The van der Waals surface area contributed by atoms with Crippen molar-refractivity contribution < 1.29 is 12.8 Å². The maximum atomic E-state index is 13.1. The molecule has 1 atom stereocenters. The molecule has 0 unspecified atom stereocenters. The van der Waals surface area contributed by atoms with Gasteiger partial charge in [0, 0.05) is 24.8 Å². The molecule has 8 heteroatoms. The van der Waals surface area contributed by atoms with Crippen molar-refractivity contribution in [2.24, 2.45) is 7.05 Å². The summed E-state index contributed by atoms with van der Waals surface area (Å²) in [5.41, 5.74) is 2.00. The fourth-order valence-electron chi connectivity index (χ4n) is 2.27.